The molecule has 0 aliphatic heterocycles. The maximum absolute atomic E-state index is 11.8. The van der Waals surface area contributed by atoms with E-state index in [-0.39, 0.29) is 5.78 Å². The van der Waals surface area contributed by atoms with Crippen LogP contribution in [0.4, 0.5) is 0 Å². The minimum absolute atomic E-state index is 0.161. The van der Waals surface area contributed by atoms with Gasteiger partial charge < -0.3 is 4.98 Å². The number of nitrogens with one attached hydrogen (secondary N) is 1. The molecule has 94 valence electrons. The van der Waals surface area contributed by atoms with Crippen LogP contribution in [-0.2, 0) is 6.42 Å². The third-order valence-corrected chi connectivity index (χ3v) is 2.79. The summed E-state index contributed by atoms with van der Waals surface area (Å²) >= 11 is 0. The zero-order chi connectivity index (χ0) is 12.7. The van der Waals surface area contributed by atoms with E-state index in [1.165, 1.54) is 0 Å². The Morgan fingerprint density at radius 3 is 2.65 bits per heavy atom. The fourth-order valence-electron chi connectivity index (χ4n) is 1.68. The molecule has 0 fully saturated rings. The molecule has 0 aliphatic carbocycles. The van der Waals surface area contributed by atoms with E-state index >= 15 is 0 Å². The van der Waals surface area contributed by atoms with Crippen LogP contribution in [-0.4, -0.2) is 17.3 Å². The topological polar surface area (TPSA) is 45.2 Å². The number of nitrogens with zero attached hydrogens (tertiary/aromatic N) is 1. The van der Waals surface area contributed by atoms with Crippen molar-refractivity contribution in [3.8, 4) is 0 Å². The molecule has 1 aromatic heterocycles. The predicted molar refractivity (Wildman–Crippen MR) is 70.1 cm³/mol. The zero-order valence-corrected chi connectivity index (χ0v) is 11.0. The van der Waals surface area contributed by atoms with E-state index in [0.29, 0.717) is 6.42 Å². The molecule has 0 saturated heterocycles. The van der Waals surface area contributed by atoms with Crippen LogP contribution >= 0.6 is 0 Å². The number of hydrogen-bond donors (Lipinski definition) is 1. The average molecular weight is 234 g/mol. The maximum Gasteiger partial charge on any atom is 0.179 e. The summed E-state index contributed by atoms with van der Waals surface area (Å²) in [4.78, 5) is 19.4. The van der Waals surface area contributed by atoms with Crippen LogP contribution in [0.15, 0.2) is 17.1 Å². The molecule has 0 unspecified atom stereocenters. The molecule has 0 bridgehead atoms. The molecule has 17 heavy (non-hydrogen) atoms. The van der Waals surface area contributed by atoms with Gasteiger partial charge in [-0.25, -0.2) is 0 Å². The summed E-state index contributed by atoms with van der Waals surface area (Å²) in [6.45, 7) is 6.91. The van der Waals surface area contributed by atoms with E-state index in [4.69, 9.17) is 0 Å². The summed E-state index contributed by atoms with van der Waals surface area (Å²) < 4.78 is 0. The Balaban J connectivity index is 3.04. The van der Waals surface area contributed by atoms with Crippen molar-refractivity contribution >= 4 is 5.78 Å². The highest BCUT2D eigenvalue weighted by Crippen LogP contribution is 2.06. The van der Waals surface area contributed by atoms with Gasteiger partial charge >= 0.3 is 0 Å². The third-order valence-electron chi connectivity index (χ3n) is 2.79. The summed E-state index contributed by atoms with van der Waals surface area (Å²) in [6.07, 6.45) is 3.62. The largest absolute Gasteiger partial charge is 0.337 e. The average Bonchev–Trinajstić information content (AvgIpc) is 2.38. The first-order chi connectivity index (χ1) is 8.22. The first-order valence-electron chi connectivity index (χ1n) is 6.48. The van der Waals surface area contributed by atoms with Crippen LogP contribution < -0.4 is 5.49 Å². The summed E-state index contributed by atoms with van der Waals surface area (Å²) in [5, 5.41) is 0. The van der Waals surface area contributed by atoms with Gasteiger partial charge in [-0.05, 0) is 24.5 Å². The first kappa shape index (κ1) is 13.7. The van der Waals surface area contributed by atoms with Gasteiger partial charge in [0.25, 0.3) is 0 Å². The van der Waals surface area contributed by atoms with Crippen LogP contribution in [0.25, 0.3) is 0 Å². The summed E-state index contributed by atoms with van der Waals surface area (Å²) in [5.74, 6) is 0.161. The Morgan fingerprint density at radius 1 is 1.29 bits per heavy atom. The van der Waals surface area contributed by atoms with E-state index in [1.807, 2.05) is 19.1 Å². The number of rotatable bonds is 6. The molecule has 0 aliphatic rings. The van der Waals surface area contributed by atoms with Crippen molar-refractivity contribution in [3.63, 3.8) is 0 Å². The van der Waals surface area contributed by atoms with Gasteiger partial charge in [-0.15, -0.1) is 0 Å². The Hall–Kier alpha value is -1.38. The third kappa shape index (κ3) is 3.84. The lowest BCUT2D eigenvalue weighted by molar-refractivity contribution is 0.0982. The molecule has 0 saturated carbocycles. The summed E-state index contributed by atoms with van der Waals surface area (Å²) in [6, 6.07) is 3.96. The van der Waals surface area contributed by atoms with Crippen molar-refractivity contribution in [1.29, 1.82) is 0 Å². The molecule has 0 atom stereocenters. The number of aromatic nitrogens is 1. The van der Waals surface area contributed by atoms with E-state index in [2.05, 4.69) is 23.8 Å². The molecule has 3 heteroatoms. The Labute approximate surface area is 103 Å². The van der Waals surface area contributed by atoms with Crippen molar-refractivity contribution in [1.82, 2.24) is 4.98 Å². The maximum atomic E-state index is 11.8. The van der Waals surface area contributed by atoms with Crippen molar-refractivity contribution in [2.75, 3.05) is 6.54 Å². The molecule has 0 aromatic carbocycles. The number of H-pyrrole nitrogens is 1. The van der Waals surface area contributed by atoms with Gasteiger partial charge in [0, 0.05) is 13.0 Å². The molecule has 0 spiro atoms. The fourth-order valence-corrected chi connectivity index (χ4v) is 1.68. The van der Waals surface area contributed by atoms with Crippen molar-refractivity contribution in [2.45, 2.75) is 46.5 Å². The number of aryl methyl sites for hydroxylation is 1. The Morgan fingerprint density at radius 2 is 2.06 bits per heavy atom. The van der Waals surface area contributed by atoms with Gasteiger partial charge in [0.1, 0.15) is 5.49 Å². The summed E-state index contributed by atoms with van der Waals surface area (Å²) in [5.41, 5.74) is 2.62. The Bertz CT molecular complexity index is 432. The van der Waals surface area contributed by atoms with Crippen LogP contribution in [0.5, 0.6) is 0 Å². The number of unbranched alkanes of at least 4 members (excludes halogenated alkanes) is 1. The minimum Gasteiger partial charge on any atom is -0.337 e. The lowest BCUT2D eigenvalue weighted by Gasteiger charge is -2.05. The molecular formula is C14H22N2O. The number of aromatic amines is 1. The lowest BCUT2D eigenvalue weighted by atomic mass is 10.1. The number of ketones is 1. The van der Waals surface area contributed by atoms with Gasteiger partial charge in [-0.1, -0.05) is 33.3 Å². The molecule has 0 amide bonds. The number of pyridine rings is 1. The highest BCUT2D eigenvalue weighted by atomic mass is 16.1. The van der Waals surface area contributed by atoms with Gasteiger partial charge in [0.2, 0.25) is 0 Å². The normalized spacial score (nSPS) is 11.8. The Kier molecular flexibility index (Phi) is 5.67. The number of carbonyl (C=O) groups is 1. The smallest absolute Gasteiger partial charge is 0.179 e. The van der Waals surface area contributed by atoms with Crippen molar-refractivity contribution < 1.29 is 4.79 Å². The van der Waals surface area contributed by atoms with Crippen molar-refractivity contribution in [3.05, 3.63) is 28.9 Å². The highest BCUT2D eigenvalue weighted by Gasteiger charge is 2.08. The molecule has 3 nitrogen and oxygen atoms in total. The minimum atomic E-state index is 0.161. The molecule has 1 rings (SSSR count). The molecule has 1 N–H and O–H groups in total. The second kappa shape index (κ2) is 7.05. The number of carbonyl (C=O) groups excluding carboxylic acids is 1. The molecule has 0 radical (unpaired) electrons. The van der Waals surface area contributed by atoms with Gasteiger partial charge in [-0.2, -0.15) is 0 Å². The fraction of sp³-hybridized carbons (Fsp3) is 0.571. The van der Waals surface area contributed by atoms with Gasteiger partial charge in [-0.3, -0.25) is 9.79 Å². The second-order valence-corrected chi connectivity index (χ2v) is 4.11. The zero-order valence-electron chi connectivity index (χ0n) is 11.0. The predicted octanol–water partition coefficient (Wildman–Crippen LogP) is 2.87. The molecule has 1 aromatic rings. The van der Waals surface area contributed by atoms with Crippen LogP contribution in [0.3, 0.4) is 0 Å². The van der Waals surface area contributed by atoms with E-state index in [9.17, 15) is 4.79 Å². The quantitative estimate of drug-likeness (QED) is 0.597. The standard InChI is InChI=1S/C14H22N2O/c1-4-7-10-15-13-9-8-11(5-2)14(16-13)12(17)6-3/h8-9H,4-7,10H2,1-3H3,(H,15,16). The number of Topliss-reactive ketones (excluding diaryl/α,β-unsaturated/α-hetero) is 1. The number of hydrogen-bond acceptors (Lipinski definition) is 2. The monoisotopic (exact) mass is 234 g/mol. The van der Waals surface area contributed by atoms with E-state index in [1.54, 1.807) is 0 Å². The van der Waals surface area contributed by atoms with Crippen molar-refractivity contribution in [2.24, 2.45) is 4.99 Å². The van der Waals surface area contributed by atoms with Crippen LogP contribution in [0.2, 0.25) is 0 Å². The SMILES string of the molecule is CCCCN=c1ccc(CC)c(C(=O)CC)[nH]1. The first-order valence-corrected chi connectivity index (χ1v) is 6.48. The van der Waals surface area contributed by atoms with Crippen LogP contribution in [0, 0.1) is 0 Å². The lowest BCUT2D eigenvalue weighted by Crippen LogP contribution is -2.16. The van der Waals surface area contributed by atoms with Gasteiger partial charge in [0.15, 0.2) is 5.78 Å². The molecular weight excluding hydrogens is 212 g/mol. The van der Waals surface area contributed by atoms with Gasteiger partial charge in [0.05, 0.1) is 5.69 Å². The molecule has 1 heterocycles. The highest BCUT2D eigenvalue weighted by molar-refractivity contribution is 5.95. The summed E-state index contributed by atoms with van der Waals surface area (Å²) in [7, 11) is 0. The van der Waals surface area contributed by atoms with E-state index in [0.717, 1.165) is 42.6 Å². The second-order valence-electron chi connectivity index (χ2n) is 4.11. The van der Waals surface area contributed by atoms with E-state index < -0.39 is 0 Å². The van der Waals surface area contributed by atoms with Crippen LogP contribution in [0.1, 0.15) is 56.1 Å².